The summed E-state index contributed by atoms with van der Waals surface area (Å²) in [5.41, 5.74) is 5.16. The Labute approximate surface area is 65.4 Å². The quantitative estimate of drug-likeness (QED) is 0.516. The van der Waals surface area contributed by atoms with Crippen molar-refractivity contribution in [1.82, 2.24) is 15.0 Å². The first-order chi connectivity index (χ1) is 5.66. The van der Waals surface area contributed by atoms with Gasteiger partial charge in [-0.1, -0.05) is 0 Å². The van der Waals surface area contributed by atoms with Gasteiger partial charge in [0.1, 0.15) is 11.3 Å². The van der Waals surface area contributed by atoms with E-state index in [1.807, 2.05) is 0 Å². The van der Waals surface area contributed by atoms with Gasteiger partial charge in [-0.3, -0.25) is 4.79 Å². The van der Waals surface area contributed by atoms with E-state index in [1.54, 1.807) is 0 Å². The highest BCUT2D eigenvalue weighted by molar-refractivity contribution is 5.71. The Morgan fingerprint density at radius 1 is 1.50 bits per heavy atom. The molecule has 12 heavy (non-hydrogen) atoms. The molecule has 4 N–H and O–H groups in total. The molecule has 2 heterocycles. The zero-order valence-electron chi connectivity index (χ0n) is 5.89. The number of nitrogens with zero attached hydrogens (tertiary/aromatic N) is 1. The molecule has 0 bridgehead atoms. The SMILES string of the molecule is Nc1cc(=O)c2[nH]c(F)nc2[nH]1. The van der Waals surface area contributed by atoms with E-state index < -0.39 is 6.08 Å². The molecule has 0 aromatic carbocycles. The first-order valence-electron chi connectivity index (χ1n) is 3.21. The molecule has 2 rings (SSSR count). The van der Waals surface area contributed by atoms with Crippen LogP contribution in [0.2, 0.25) is 0 Å². The number of anilines is 1. The van der Waals surface area contributed by atoms with Crippen LogP contribution < -0.4 is 11.2 Å². The van der Waals surface area contributed by atoms with Crippen molar-refractivity contribution in [1.29, 1.82) is 0 Å². The van der Waals surface area contributed by atoms with Crippen molar-refractivity contribution in [3.05, 3.63) is 22.4 Å². The van der Waals surface area contributed by atoms with Crippen molar-refractivity contribution in [3.63, 3.8) is 0 Å². The third-order valence-electron chi connectivity index (χ3n) is 1.47. The van der Waals surface area contributed by atoms with E-state index in [1.165, 1.54) is 6.07 Å². The molecule has 2 aromatic heterocycles. The molecule has 5 nitrogen and oxygen atoms in total. The van der Waals surface area contributed by atoms with Crippen LogP contribution in [0.5, 0.6) is 0 Å². The Kier molecular flexibility index (Phi) is 1.18. The highest BCUT2D eigenvalue weighted by Gasteiger charge is 2.05. The van der Waals surface area contributed by atoms with Gasteiger partial charge in [0.2, 0.25) is 5.43 Å². The molecule has 0 saturated heterocycles. The van der Waals surface area contributed by atoms with Crippen molar-refractivity contribution in [2.24, 2.45) is 0 Å². The largest absolute Gasteiger partial charge is 0.385 e. The number of fused-ring (bicyclic) bond motifs is 1. The van der Waals surface area contributed by atoms with E-state index >= 15 is 0 Å². The average molecular weight is 168 g/mol. The molecule has 2 aromatic rings. The predicted octanol–water partition coefficient (Wildman–Crippen LogP) is -0.0275. The van der Waals surface area contributed by atoms with Gasteiger partial charge in [0.05, 0.1) is 0 Å². The fraction of sp³-hybridized carbons (Fsp3) is 0. The first kappa shape index (κ1) is 6.84. The Balaban J connectivity index is 2.98. The number of imidazole rings is 1. The van der Waals surface area contributed by atoms with Crippen LogP contribution in [0.3, 0.4) is 0 Å². The van der Waals surface area contributed by atoms with Crippen LogP contribution in [-0.2, 0) is 0 Å². The van der Waals surface area contributed by atoms with Crippen molar-refractivity contribution >= 4 is 17.0 Å². The molecular weight excluding hydrogens is 163 g/mol. The van der Waals surface area contributed by atoms with E-state index in [4.69, 9.17) is 5.73 Å². The number of aromatic amines is 2. The van der Waals surface area contributed by atoms with Crippen molar-refractivity contribution in [2.45, 2.75) is 0 Å². The second kappa shape index (κ2) is 2.07. The summed E-state index contributed by atoms with van der Waals surface area (Å²) in [5.74, 6) is 0.166. The smallest absolute Gasteiger partial charge is 0.289 e. The molecule has 0 aliphatic rings. The first-order valence-corrected chi connectivity index (χ1v) is 3.21. The number of hydrogen-bond acceptors (Lipinski definition) is 3. The Morgan fingerprint density at radius 2 is 2.25 bits per heavy atom. The van der Waals surface area contributed by atoms with Crippen LogP contribution in [0.25, 0.3) is 11.2 Å². The fourth-order valence-corrected chi connectivity index (χ4v) is 0.999. The standard InChI is InChI=1S/C6H5FN4O/c7-6-10-4-2(12)1-3(8)9-5(4)11-6/h1H,(H4,8,9,10,11,12). The highest BCUT2D eigenvalue weighted by atomic mass is 19.1. The second-order valence-corrected chi connectivity index (χ2v) is 2.34. The van der Waals surface area contributed by atoms with Crippen molar-refractivity contribution < 1.29 is 4.39 Å². The van der Waals surface area contributed by atoms with Crippen molar-refractivity contribution in [3.8, 4) is 0 Å². The summed E-state index contributed by atoms with van der Waals surface area (Å²) in [6.45, 7) is 0. The van der Waals surface area contributed by atoms with Gasteiger partial charge < -0.3 is 15.7 Å². The van der Waals surface area contributed by atoms with Gasteiger partial charge in [0.25, 0.3) is 6.08 Å². The molecule has 0 aliphatic heterocycles. The molecule has 62 valence electrons. The third kappa shape index (κ3) is 0.849. The second-order valence-electron chi connectivity index (χ2n) is 2.34. The van der Waals surface area contributed by atoms with Crippen LogP contribution >= 0.6 is 0 Å². The summed E-state index contributed by atoms with van der Waals surface area (Å²) in [4.78, 5) is 19.2. The summed E-state index contributed by atoms with van der Waals surface area (Å²) < 4.78 is 12.5. The predicted molar refractivity (Wildman–Crippen MR) is 41.1 cm³/mol. The lowest BCUT2D eigenvalue weighted by Gasteiger charge is -1.90. The highest BCUT2D eigenvalue weighted by Crippen LogP contribution is 2.04. The number of nitrogen functional groups attached to an aromatic ring is 1. The van der Waals surface area contributed by atoms with Crippen LogP contribution in [-0.4, -0.2) is 15.0 Å². The van der Waals surface area contributed by atoms with Gasteiger partial charge in [-0.05, 0) is 0 Å². The van der Waals surface area contributed by atoms with E-state index in [9.17, 15) is 9.18 Å². The molecule has 6 heteroatoms. The van der Waals surface area contributed by atoms with E-state index in [0.29, 0.717) is 0 Å². The lowest BCUT2D eigenvalue weighted by atomic mass is 10.4. The molecule has 0 radical (unpaired) electrons. The zero-order chi connectivity index (χ0) is 8.72. The molecule has 0 spiro atoms. The zero-order valence-corrected chi connectivity index (χ0v) is 5.89. The molecule has 0 amide bonds. The molecule has 0 atom stereocenters. The molecule has 0 saturated carbocycles. The van der Waals surface area contributed by atoms with Crippen LogP contribution in [0, 0.1) is 6.08 Å². The molecule has 0 unspecified atom stereocenters. The monoisotopic (exact) mass is 168 g/mol. The minimum absolute atomic E-state index is 0.0988. The molecular formula is C6H5FN4O. The topological polar surface area (TPSA) is 87.6 Å². The lowest BCUT2D eigenvalue weighted by molar-refractivity contribution is 0.556. The normalized spacial score (nSPS) is 10.8. The summed E-state index contributed by atoms with van der Waals surface area (Å²) >= 11 is 0. The third-order valence-corrected chi connectivity index (χ3v) is 1.47. The molecule has 0 aliphatic carbocycles. The number of H-pyrrole nitrogens is 2. The lowest BCUT2D eigenvalue weighted by Crippen LogP contribution is -2.04. The van der Waals surface area contributed by atoms with Crippen LogP contribution in [0.1, 0.15) is 0 Å². The number of aromatic nitrogens is 3. The number of nitrogens with one attached hydrogen (secondary N) is 2. The summed E-state index contributed by atoms with van der Waals surface area (Å²) in [6, 6.07) is 1.17. The van der Waals surface area contributed by atoms with Gasteiger partial charge in [-0.25, -0.2) is 0 Å². The maximum atomic E-state index is 12.5. The number of pyridine rings is 1. The minimum Gasteiger partial charge on any atom is -0.385 e. The van der Waals surface area contributed by atoms with Gasteiger partial charge in [0, 0.05) is 6.07 Å². The van der Waals surface area contributed by atoms with Gasteiger partial charge in [0.15, 0.2) is 5.65 Å². The fourth-order valence-electron chi connectivity index (χ4n) is 0.999. The van der Waals surface area contributed by atoms with E-state index in [-0.39, 0.29) is 22.4 Å². The number of nitrogens with two attached hydrogens (primary N) is 1. The average Bonchev–Trinajstić information content (AvgIpc) is 2.29. The van der Waals surface area contributed by atoms with E-state index in [2.05, 4.69) is 15.0 Å². The van der Waals surface area contributed by atoms with Gasteiger partial charge >= 0.3 is 0 Å². The van der Waals surface area contributed by atoms with Crippen LogP contribution in [0.15, 0.2) is 10.9 Å². The van der Waals surface area contributed by atoms with Gasteiger partial charge in [-0.2, -0.15) is 9.37 Å². The summed E-state index contributed by atoms with van der Waals surface area (Å²) in [5, 5.41) is 0. The van der Waals surface area contributed by atoms with E-state index in [0.717, 1.165) is 0 Å². The Bertz CT molecular complexity index is 486. The maximum Gasteiger partial charge on any atom is 0.289 e. The Hall–Kier alpha value is -1.85. The number of hydrogen-bond donors (Lipinski definition) is 3. The number of rotatable bonds is 0. The summed E-state index contributed by atoms with van der Waals surface area (Å²) in [7, 11) is 0. The van der Waals surface area contributed by atoms with Crippen molar-refractivity contribution in [2.75, 3.05) is 5.73 Å². The van der Waals surface area contributed by atoms with Crippen LogP contribution in [0.4, 0.5) is 10.2 Å². The number of halogens is 1. The minimum atomic E-state index is -0.802. The molecule has 0 fully saturated rings. The van der Waals surface area contributed by atoms with Gasteiger partial charge in [-0.15, -0.1) is 0 Å². The maximum absolute atomic E-state index is 12.5. The summed E-state index contributed by atoms with van der Waals surface area (Å²) in [6.07, 6.45) is -0.802. The Morgan fingerprint density at radius 3 is 3.00 bits per heavy atom.